The summed E-state index contributed by atoms with van der Waals surface area (Å²) in [6.45, 7) is 3.38. The number of hydrogen-bond acceptors (Lipinski definition) is 3. The number of carbonyl (C=O) groups excluding carboxylic acids is 1. The standard InChI is InChI=1S/C9H9N3O/c1-6-9(7(2)13)11-8-3-4-10-5-12(6)8/h3-5H,1-2H3. The molecule has 0 aliphatic rings. The first kappa shape index (κ1) is 7.91. The fourth-order valence-electron chi connectivity index (χ4n) is 1.35. The first-order valence-electron chi connectivity index (χ1n) is 4.00. The number of carbonyl (C=O) groups is 1. The zero-order chi connectivity index (χ0) is 9.42. The third-order valence-corrected chi connectivity index (χ3v) is 2.00. The van der Waals surface area contributed by atoms with Gasteiger partial charge < -0.3 is 0 Å². The van der Waals surface area contributed by atoms with Crippen molar-refractivity contribution in [1.29, 1.82) is 0 Å². The molecule has 0 unspecified atom stereocenters. The summed E-state index contributed by atoms with van der Waals surface area (Å²) in [4.78, 5) is 19.3. The number of aryl methyl sites for hydroxylation is 1. The molecule has 4 heteroatoms. The maximum absolute atomic E-state index is 11.1. The number of fused-ring (bicyclic) bond motifs is 1. The van der Waals surface area contributed by atoms with Gasteiger partial charge in [-0.05, 0) is 13.0 Å². The van der Waals surface area contributed by atoms with Gasteiger partial charge in [-0.15, -0.1) is 0 Å². The molecule has 0 saturated heterocycles. The number of rotatable bonds is 1. The molecular weight excluding hydrogens is 166 g/mol. The van der Waals surface area contributed by atoms with Crippen molar-refractivity contribution in [2.75, 3.05) is 0 Å². The molecule has 0 spiro atoms. The van der Waals surface area contributed by atoms with Crippen LogP contribution < -0.4 is 0 Å². The molecule has 0 saturated carbocycles. The highest BCUT2D eigenvalue weighted by Crippen LogP contribution is 2.10. The second kappa shape index (κ2) is 2.65. The lowest BCUT2D eigenvalue weighted by Gasteiger charge is -1.93. The van der Waals surface area contributed by atoms with Crippen molar-refractivity contribution in [2.45, 2.75) is 13.8 Å². The number of ketones is 1. The van der Waals surface area contributed by atoms with Gasteiger partial charge in [-0.3, -0.25) is 9.20 Å². The summed E-state index contributed by atoms with van der Waals surface area (Å²) in [7, 11) is 0. The van der Waals surface area contributed by atoms with Crippen molar-refractivity contribution < 1.29 is 4.79 Å². The Labute approximate surface area is 75.2 Å². The van der Waals surface area contributed by atoms with Gasteiger partial charge in [0.1, 0.15) is 17.7 Å². The number of hydrogen-bond donors (Lipinski definition) is 0. The van der Waals surface area contributed by atoms with E-state index in [4.69, 9.17) is 0 Å². The lowest BCUT2D eigenvalue weighted by atomic mass is 10.3. The number of Topliss-reactive ketones (excluding diaryl/α,β-unsaturated/α-hetero) is 1. The van der Waals surface area contributed by atoms with Gasteiger partial charge in [-0.2, -0.15) is 0 Å². The molecule has 2 heterocycles. The Balaban J connectivity index is 2.81. The number of aromatic nitrogens is 3. The third kappa shape index (κ3) is 1.11. The maximum atomic E-state index is 11.1. The molecule has 2 aromatic rings. The molecule has 0 amide bonds. The zero-order valence-electron chi connectivity index (χ0n) is 7.48. The molecule has 2 rings (SSSR count). The van der Waals surface area contributed by atoms with Gasteiger partial charge >= 0.3 is 0 Å². The highest BCUT2D eigenvalue weighted by molar-refractivity contribution is 5.94. The number of imidazole rings is 1. The van der Waals surface area contributed by atoms with Gasteiger partial charge in [0.05, 0.1) is 5.69 Å². The van der Waals surface area contributed by atoms with E-state index < -0.39 is 0 Å². The Bertz CT molecular complexity index is 473. The molecule has 0 aliphatic carbocycles. The first-order chi connectivity index (χ1) is 6.20. The van der Waals surface area contributed by atoms with Crippen LogP contribution in [0.2, 0.25) is 0 Å². The monoisotopic (exact) mass is 175 g/mol. The summed E-state index contributed by atoms with van der Waals surface area (Å²) in [5.74, 6) is -0.0128. The van der Waals surface area contributed by atoms with Crippen LogP contribution in [0.4, 0.5) is 0 Å². The average Bonchev–Trinajstić information content (AvgIpc) is 2.45. The molecule has 0 fully saturated rings. The predicted molar refractivity (Wildman–Crippen MR) is 47.7 cm³/mol. The van der Waals surface area contributed by atoms with Gasteiger partial charge in [0, 0.05) is 13.1 Å². The smallest absolute Gasteiger partial charge is 0.179 e. The van der Waals surface area contributed by atoms with E-state index in [1.165, 1.54) is 6.92 Å². The topological polar surface area (TPSA) is 47.3 Å². The van der Waals surface area contributed by atoms with Gasteiger partial charge in [0.15, 0.2) is 5.78 Å². The Morgan fingerprint density at radius 3 is 2.92 bits per heavy atom. The highest BCUT2D eigenvalue weighted by Gasteiger charge is 2.10. The Hall–Kier alpha value is -1.71. The van der Waals surface area contributed by atoms with Gasteiger partial charge in [-0.1, -0.05) is 0 Å². The molecule has 0 radical (unpaired) electrons. The van der Waals surface area contributed by atoms with E-state index in [1.807, 2.05) is 6.92 Å². The van der Waals surface area contributed by atoms with Crippen LogP contribution in [0.25, 0.3) is 5.65 Å². The summed E-state index contributed by atoms with van der Waals surface area (Å²) in [6.07, 6.45) is 3.32. The second-order valence-corrected chi connectivity index (χ2v) is 2.91. The Morgan fingerprint density at radius 1 is 1.54 bits per heavy atom. The Morgan fingerprint density at radius 2 is 2.31 bits per heavy atom. The minimum absolute atomic E-state index is 0.0128. The van der Waals surface area contributed by atoms with Crippen molar-refractivity contribution in [1.82, 2.24) is 14.4 Å². The normalized spacial score (nSPS) is 10.6. The quantitative estimate of drug-likeness (QED) is 0.612. The molecule has 2 aromatic heterocycles. The van der Waals surface area contributed by atoms with E-state index >= 15 is 0 Å². The largest absolute Gasteiger partial charge is 0.293 e. The summed E-state index contributed by atoms with van der Waals surface area (Å²) >= 11 is 0. The molecule has 13 heavy (non-hydrogen) atoms. The summed E-state index contributed by atoms with van der Waals surface area (Å²) in [6, 6.07) is 1.78. The molecule has 66 valence electrons. The van der Waals surface area contributed by atoms with Crippen LogP contribution in [0, 0.1) is 6.92 Å². The van der Waals surface area contributed by atoms with Crippen molar-refractivity contribution >= 4 is 11.4 Å². The lowest BCUT2D eigenvalue weighted by Crippen LogP contribution is -1.95. The van der Waals surface area contributed by atoms with Crippen LogP contribution >= 0.6 is 0 Å². The van der Waals surface area contributed by atoms with Crippen LogP contribution in [0.3, 0.4) is 0 Å². The van der Waals surface area contributed by atoms with Crippen LogP contribution in [0.15, 0.2) is 18.6 Å². The van der Waals surface area contributed by atoms with E-state index in [9.17, 15) is 4.79 Å². The van der Waals surface area contributed by atoms with Crippen molar-refractivity contribution in [2.24, 2.45) is 0 Å². The third-order valence-electron chi connectivity index (χ3n) is 2.00. The van der Waals surface area contributed by atoms with Crippen molar-refractivity contribution in [3.8, 4) is 0 Å². The van der Waals surface area contributed by atoms with E-state index in [2.05, 4.69) is 9.97 Å². The molecule has 0 N–H and O–H groups in total. The van der Waals surface area contributed by atoms with Crippen molar-refractivity contribution in [3.05, 3.63) is 30.0 Å². The summed E-state index contributed by atoms with van der Waals surface area (Å²) in [5, 5.41) is 0. The summed E-state index contributed by atoms with van der Waals surface area (Å²) in [5.41, 5.74) is 2.13. The van der Waals surface area contributed by atoms with E-state index in [0.29, 0.717) is 5.69 Å². The van der Waals surface area contributed by atoms with Crippen molar-refractivity contribution in [3.63, 3.8) is 0 Å². The van der Waals surface area contributed by atoms with Gasteiger partial charge in [-0.25, -0.2) is 9.97 Å². The lowest BCUT2D eigenvalue weighted by molar-refractivity contribution is 0.101. The van der Waals surface area contributed by atoms with E-state index in [1.54, 1.807) is 23.0 Å². The molecule has 0 atom stereocenters. The first-order valence-corrected chi connectivity index (χ1v) is 4.00. The minimum Gasteiger partial charge on any atom is -0.293 e. The zero-order valence-corrected chi connectivity index (χ0v) is 7.48. The maximum Gasteiger partial charge on any atom is 0.179 e. The van der Waals surface area contributed by atoms with Crippen LogP contribution in [0.5, 0.6) is 0 Å². The fourth-order valence-corrected chi connectivity index (χ4v) is 1.35. The van der Waals surface area contributed by atoms with Gasteiger partial charge in [0.25, 0.3) is 0 Å². The van der Waals surface area contributed by atoms with Crippen LogP contribution in [-0.4, -0.2) is 20.2 Å². The molecular formula is C9H9N3O. The molecule has 4 nitrogen and oxygen atoms in total. The second-order valence-electron chi connectivity index (χ2n) is 2.91. The van der Waals surface area contributed by atoms with Crippen LogP contribution in [0.1, 0.15) is 23.1 Å². The average molecular weight is 175 g/mol. The predicted octanol–water partition coefficient (Wildman–Crippen LogP) is 1.24. The minimum atomic E-state index is -0.0128. The number of nitrogens with zero attached hydrogens (tertiary/aromatic N) is 3. The molecule has 0 aliphatic heterocycles. The molecule has 0 bridgehead atoms. The fraction of sp³-hybridized carbons (Fsp3) is 0.222. The van der Waals surface area contributed by atoms with Gasteiger partial charge in [0.2, 0.25) is 0 Å². The SMILES string of the molecule is CC(=O)c1nc2ccncn2c1C. The van der Waals surface area contributed by atoms with E-state index in [-0.39, 0.29) is 5.78 Å². The van der Waals surface area contributed by atoms with Crippen LogP contribution in [-0.2, 0) is 0 Å². The summed E-state index contributed by atoms with van der Waals surface area (Å²) < 4.78 is 1.80. The highest BCUT2D eigenvalue weighted by atomic mass is 16.1. The molecule has 0 aromatic carbocycles. The Kier molecular flexibility index (Phi) is 1.62. The van der Waals surface area contributed by atoms with E-state index in [0.717, 1.165) is 11.3 Å².